The number of hydrogen-bond donors (Lipinski definition) is 2. The SMILES string of the molecule is CC(O)CCN(C)C(=O)Nc1cccc(COC2CCCCC2)c1. The maximum Gasteiger partial charge on any atom is 0.321 e. The van der Waals surface area contributed by atoms with Gasteiger partial charge in [0.2, 0.25) is 0 Å². The predicted octanol–water partition coefficient (Wildman–Crippen LogP) is 3.77. The van der Waals surface area contributed by atoms with E-state index in [2.05, 4.69) is 5.32 Å². The van der Waals surface area contributed by atoms with E-state index in [9.17, 15) is 9.90 Å². The van der Waals surface area contributed by atoms with Crippen LogP contribution in [0.4, 0.5) is 10.5 Å². The van der Waals surface area contributed by atoms with Crippen molar-refractivity contribution >= 4 is 11.7 Å². The Morgan fingerprint density at radius 2 is 2.12 bits per heavy atom. The van der Waals surface area contributed by atoms with E-state index in [0.717, 1.165) is 24.1 Å². The first-order valence-corrected chi connectivity index (χ1v) is 8.95. The van der Waals surface area contributed by atoms with Crippen LogP contribution in [0.25, 0.3) is 0 Å². The van der Waals surface area contributed by atoms with Gasteiger partial charge in [0.15, 0.2) is 0 Å². The molecule has 1 aliphatic rings. The Morgan fingerprint density at radius 1 is 1.38 bits per heavy atom. The fourth-order valence-corrected chi connectivity index (χ4v) is 2.89. The average molecular weight is 334 g/mol. The van der Waals surface area contributed by atoms with Crippen LogP contribution in [0, 0.1) is 0 Å². The van der Waals surface area contributed by atoms with Gasteiger partial charge in [0.1, 0.15) is 0 Å². The van der Waals surface area contributed by atoms with Gasteiger partial charge in [-0.3, -0.25) is 0 Å². The Morgan fingerprint density at radius 3 is 2.83 bits per heavy atom. The quantitative estimate of drug-likeness (QED) is 0.798. The molecule has 1 saturated carbocycles. The molecule has 2 amide bonds. The molecule has 0 aromatic heterocycles. The zero-order valence-corrected chi connectivity index (χ0v) is 14.8. The minimum atomic E-state index is -0.402. The molecule has 0 bridgehead atoms. The van der Waals surface area contributed by atoms with Crippen LogP contribution in [0.1, 0.15) is 51.0 Å². The number of nitrogens with one attached hydrogen (secondary N) is 1. The molecule has 0 saturated heterocycles. The highest BCUT2D eigenvalue weighted by molar-refractivity contribution is 5.89. The predicted molar refractivity (Wildman–Crippen MR) is 96.1 cm³/mol. The van der Waals surface area contributed by atoms with E-state index in [0.29, 0.717) is 25.7 Å². The van der Waals surface area contributed by atoms with Crippen molar-refractivity contribution in [3.05, 3.63) is 29.8 Å². The van der Waals surface area contributed by atoms with Crippen LogP contribution in [0.5, 0.6) is 0 Å². The maximum absolute atomic E-state index is 12.1. The summed E-state index contributed by atoms with van der Waals surface area (Å²) in [6.45, 7) is 2.84. The number of ether oxygens (including phenoxy) is 1. The summed E-state index contributed by atoms with van der Waals surface area (Å²) in [7, 11) is 1.73. The minimum Gasteiger partial charge on any atom is -0.393 e. The number of amides is 2. The highest BCUT2D eigenvalue weighted by atomic mass is 16.5. The monoisotopic (exact) mass is 334 g/mol. The summed E-state index contributed by atoms with van der Waals surface area (Å²) in [6.07, 6.45) is 6.71. The third-order valence-corrected chi connectivity index (χ3v) is 4.45. The molecular formula is C19H30N2O3. The van der Waals surface area contributed by atoms with Gasteiger partial charge in [0.05, 0.1) is 18.8 Å². The summed E-state index contributed by atoms with van der Waals surface area (Å²) < 4.78 is 5.99. The number of rotatable bonds is 7. The van der Waals surface area contributed by atoms with Crippen molar-refractivity contribution in [1.29, 1.82) is 0 Å². The van der Waals surface area contributed by atoms with E-state index in [4.69, 9.17) is 4.74 Å². The largest absolute Gasteiger partial charge is 0.393 e. The van der Waals surface area contributed by atoms with Gasteiger partial charge >= 0.3 is 6.03 Å². The van der Waals surface area contributed by atoms with Gasteiger partial charge in [-0.25, -0.2) is 4.79 Å². The van der Waals surface area contributed by atoms with E-state index in [1.807, 2.05) is 24.3 Å². The maximum atomic E-state index is 12.1. The normalized spacial score (nSPS) is 16.6. The summed E-state index contributed by atoms with van der Waals surface area (Å²) in [5, 5.41) is 12.2. The van der Waals surface area contributed by atoms with Crippen molar-refractivity contribution in [2.45, 2.75) is 64.3 Å². The van der Waals surface area contributed by atoms with Crippen molar-refractivity contribution in [2.24, 2.45) is 0 Å². The molecule has 1 aliphatic carbocycles. The van der Waals surface area contributed by atoms with Crippen LogP contribution >= 0.6 is 0 Å². The molecule has 134 valence electrons. The molecule has 1 aromatic carbocycles. The zero-order chi connectivity index (χ0) is 17.4. The van der Waals surface area contributed by atoms with Crippen molar-refractivity contribution in [3.8, 4) is 0 Å². The molecule has 5 nitrogen and oxygen atoms in total. The fourth-order valence-electron chi connectivity index (χ4n) is 2.89. The smallest absolute Gasteiger partial charge is 0.321 e. The zero-order valence-electron chi connectivity index (χ0n) is 14.8. The molecule has 1 atom stereocenters. The number of nitrogens with zero attached hydrogens (tertiary/aromatic N) is 1. The molecular weight excluding hydrogens is 304 g/mol. The number of aliphatic hydroxyl groups excluding tert-OH is 1. The Hall–Kier alpha value is -1.59. The standard InChI is InChI=1S/C19H30N2O3/c1-15(22)11-12-21(2)19(23)20-17-8-6-7-16(13-17)14-24-18-9-4-3-5-10-18/h6-8,13,15,18,22H,3-5,9-12,14H2,1-2H3,(H,20,23). The lowest BCUT2D eigenvalue weighted by molar-refractivity contribution is 0.0169. The first kappa shape index (κ1) is 18.7. The molecule has 0 spiro atoms. The molecule has 1 aromatic rings. The average Bonchev–Trinajstić information content (AvgIpc) is 2.59. The van der Waals surface area contributed by atoms with E-state index in [1.165, 1.54) is 19.3 Å². The fraction of sp³-hybridized carbons (Fsp3) is 0.632. The second-order valence-electron chi connectivity index (χ2n) is 6.76. The Bertz CT molecular complexity index is 513. The first-order valence-electron chi connectivity index (χ1n) is 8.95. The summed E-state index contributed by atoms with van der Waals surface area (Å²) in [5.41, 5.74) is 1.85. The van der Waals surface area contributed by atoms with E-state index < -0.39 is 6.10 Å². The van der Waals surface area contributed by atoms with Crippen LogP contribution in [0.2, 0.25) is 0 Å². The third kappa shape index (κ3) is 6.49. The molecule has 1 unspecified atom stereocenters. The van der Waals surface area contributed by atoms with E-state index in [-0.39, 0.29) is 6.03 Å². The van der Waals surface area contributed by atoms with Crippen LogP contribution in [-0.4, -0.2) is 41.8 Å². The van der Waals surface area contributed by atoms with E-state index >= 15 is 0 Å². The molecule has 0 radical (unpaired) electrons. The Balaban J connectivity index is 1.81. The van der Waals surface area contributed by atoms with Gasteiger partial charge in [-0.1, -0.05) is 31.4 Å². The molecule has 0 aliphatic heterocycles. The lowest BCUT2D eigenvalue weighted by Crippen LogP contribution is -2.33. The first-order chi connectivity index (χ1) is 11.5. The van der Waals surface area contributed by atoms with Gasteiger partial charge < -0.3 is 20.1 Å². The van der Waals surface area contributed by atoms with Crippen LogP contribution in [0.3, 0.4) is 0 Å². The lowest BCUT2D eigenvalue weighted by atomic mass is 9.98. The van der Waals surface area contributed by atoms with E-state index in [1.54, 1.807) is 18.9 Å². The molecule has 0 heterocycles. The van der Waals surface area contributed by atoms with Crippen LogP contribution < -0.4 is 5.32 Å². The van der Waals surface area contributed by atoms with Gasteiger partial charge in [-0.15, -0.1) is 0 Å². The molecule has 24 heavy (non-hydrogen) atoms. The van der Waals surface area contributed by atoms with Gasteiger partial charge in [-0.2, -0.15) is 0 Å². The lowest BCUT2D eigenvalue weighted by Gasteiger charge is -2.22. The van der Waals surface area contributed by atoms with Crippen molar-refractivity contribution in [3.63, 3.8) is 0 Å². The summed E-state index contributed by atoms with van der Waals surface area (Å²) in [5.74, 6) is 0. The van der Waals surface area contributed by atoms with Crippen LogP contribution in [-0.2, 0) is 11.3 Å². The summed E-state index contributed by atoms with van der Waals surface area (Å²) in [4.78, 5) is 13.7. The number of benzene rings is 1. The van der Waals surface area contributed by atoms with Gasteiger partial charge in [0.25, 0.3) is 0 Å². The Kier molecular flexibility index (Phi) is 7.53. The summed E-state index contributed by atoms with van der Waals surface area (Å²) in [6, 6.07) is 7.63. The number of hydrogen-bond acceptors (Lipinski definition) is 3. The van der Waals surface area contributed by atoms with Gasteiger partial charge in [0, 0.05) is 19.3 Å². The number of anilines is 1. The number of urea groups is 1. The van der Waals surface area contributed by atoms with Crippen molar-refractivity contribution < 1.29 is 14.6 Å². The molecule has 5 heteroatoms. The third-order valence-electron chi connectivity index (χ3n) is 4.45. The van der Waals surface area contributed by atoms with Crippen molar-refractivity contribution in [2.75, 3.05) is 18.9 Å². The number of aliphatic hydroxyl groups is 1. The second-order valence-corrected chi connectivity index (χ2v) is 6.76. The molecule has 2 N–H and O–H groups in total. The second kappa shape index (κ2) is 9.64. The molecule has 2 rings (SSSR count). The van der Waals surface area contributed by atoms with Crippen LogP contribution in [0.15, 0.2) is 24.3 Å². The number of carbonyl (C=O) groups excluding carboxylic acids is 1. The summed E-state index contributed by atoms with van der Waals surface area (Å²) >= 11 is 0. The van der Waals surface area contributed by atoms with Gasteiger partial charge in [-0.05, 0) is 43.9 Å². The Labute approximate surface area is 145 Å². The highest BCUT2D eigenvalue weighted by Crippen LogP contribution is 2.22. The molecule has 1 fully saturated rings. The number of carbonyl (C=O) groups is 1. The highest BCUT2D eigenvalue weighted by Gasteiger charge is 2.14. The minimum absolute atomic E-state index is 0.166. The van der Waals surface area contributed by atoms with Crippen molar-refractivity contribution in [1.82, 2.24) is 4.90 Å². The topological polar surface area (TPSA) is 61.8 Å².